The van der Waals surface area contributed by atoms with Crippen molar-refractivity contribution < 1.29 is 30.3 Å². The van der Waals surface area contributed by atoms with E-state index in [4.69, 9.17) is 26.5 Å². The molecule has 56 heavy (non-hydrogen) atoms. The molecule has 2 nitrogen and oxygen atoms in total. The van der Waals surface area contributed by atoms with E-state index in [0.29, 0.717) is 10.8 Å². The van der Waals surface area contributed by atoms with Gasteiger partial charge in [0, 0.05) is 20.3 Å². The summed E-state index contributed by atoms with van der Waals surface area (Å²) in [7, 11) is 11.0. The van der Waals surface area contributed by atoms with E-state index in [1.165, 1.54) is 66.1 Å². The molecule has 0 bridgehead atoms. The molecule has 6 aromatic carbocycles. The molecular weight excluding hydrogens is 823 g/mol. The fourth-order valence-electron chi connectivity index (χ4n) is 7.69. The van der Waals surface area contributed by atoms with Crippen molar-refractivity contribution in [2.45, 2.75) is 92.2 Å². The van der Waals surface area contributed by atoms with Gasteiger partial charge in [0.1, 0.15) is 0 Å². The molecule has 2 aliphatic rings. The van der Waals surface area contributed by atoms with Crippen molar-refractivity contribution in [1.29, 1.82) is 0 Å². The Bertz CT molecular complexity index is 1990. The van der Waals surface area contributed by atoms with Gasteiger partial charge in [-0.05, 0) is 45.9 Å². The molecule has 0 N–H and O–H groups in total. The molecule has 2 fully saturated rings. The van der Waals surface area contributed by atoms with Crippen molar-refractivity contribution >= 4 is 48.1 Å². The van der Waals surface area contributed by atoms with Gasteiger partial charge < -0.3 is 9.47 Å². The monoisotopic (exact) mass is 880 g/mol. The van der Waals surface area contributed by atoms with E-state index < -0.39 is 20.8 Å². The van der Waals surface area contributed by atoms with Crippen LogP contribution >= 0.6 is 17.0 Å². The van der Waals surface area contributed by atoms with Gasteiger partial charge in [-0.15, -0.1) is 69.1 Å². The van der Waals surface area contributed by atoms with Gasteiger partial charge in [0.2, 0.25) is 0 Å². The van der Waals surface area contributed by atoms with E-state index in [2.05, 4.69) is 178 Å². The van der Waals surface area contributed by atoms with Crippen molar-refractivity contribution in [2.75, 3.05) is 26.4 Å². The molecule has 2 aliphatic heterocycles. The summed E-state index contributed by atoms with van der Waals surface area (Å²) >= 11 is -0.826. The molecular formula is C50H60Cl2O2SiZr. The molecule has 294 valence electrons. The van der Waals surface area contributed by atoms with Crippen molar-refractivity contribution in [3.05, 3.63) is 131 Å². The van der Waals surface area contributed by atoms with Crippen LogP contribution in [0.25, 0.3) is 43.8 Å². The van der Waals surface area contributed by atoms with E-state index in [-0.39, 0.29) is 10.8 Å². The molecule has 2 heterocycles. The third kappa shape index (κ3) is 11.5. The first-order chi connectivity index (χ1) is 26.5. The van der Waals surface area contributed by atoms with Crippen molar-refractivity contribution in [2.24, 2.45) is 10.8 Å². The SMILES string of the molecule is CC1(Cc2cc3c(-c4ccc(C(C)(C)C)cc4)cccc3[cH-]2)COC1.CC1(Cc2cc3c(-c4ccc(C(C)(C)C)cc4)cccc3[cH-]2)COC1.C[Si]C.[Cl][Zr+2][Cl]. The minimum absolute atomic E-state index is 0.193. The fourth-order valence-corrected chi connectivity index (χ4v) is 7.69. The second-order valence-corrected chi connectivity index (χ2v) is 23.3. The van der Waals surface area contributed by atoms with Crippen LogP contribution in [-0.2, 0) is 54.0 Å². The Balaban J connectivity index is 0.000000188. The average Bonchev–Trinajstić information content (AvgIpc) is 3.73. The van der Waals surface area contributed by atoms with Crippen LogP contribution in [0.2, 0.25) is 13.1 Å². The first-order valence-corrected chi connectivity index (χ1v) is 28.1. The topological polar surface area (TPSA) is 18.5 Å². The zero-order valence-electron chi connectivity index (χ0n) is 35.2. The zero-order valence-corrected chi connectivity index (χ0v) is 40.2. The van der Waals surface area contributed by atoms with Crippen LogP contribution in [0.5, 0.6) is 0 Å². The van der Waals surface area contributed by atoms with Crippen molar-refractivity contribution in [1.82, 2.24) is 0 Å². The summed E-state index contributed by atoms with van der Waals surface area (Å²) in [6.45, 7) is 26.0. The zero-order chi connectivity index (χ0) is 40.7. The normalized spacial score (nSPS) is 15.5. The molecule has 0 atom stereocenters. The molecule has 0 amide bonds. The molecule has 0 saturated carbocycles. The summed E-state index contributed by atoms with van der Waals surface area (Å²) in [4.78, 5) is 0. The molecule has 0 spiro atoms. The van der Waals surface area contributed by atoms with E-state index in [1.807, 2.05) is 0 Å². The maximum atomic E-state index is 5.42. The van der Waals surface area contributed by atoms with Crippen LogP contribution in [0, 0.1) is 10.8 Å². The summed E-state index contributed by atoms with van der Waals surface area (Å²) < 4.78 is 10.8. The van der Waals surface area contributed by atoms with Gasteiger partial charge >= 0.3 is 37.9 Å². The Morgan fingerprint density at radius 3 is 1.18 bits per heavy atom. The van der Waals surface area contributed by atoms with E-state index in [1.54, 1.807) is 0 Å². The third-order valence-electron chi connectivity index (χ3n) is 10.8. The second-order valence-electron chi connectivity index (χ2n) is 18.5. The van der Waals surface area contributed by atoms with Gasteiger partial charge in [-0.3, -0.25) is 0 Å². The van der Waals surface area contributed by atoms with Crippen LogP contribution in [0.4, 0.5) is 0 Å². The molecule has 0 unspecified atom stereocenters. The van der Waals surface area contributed by atoms with Crippen LogP contribution in [0.3, 0.4) is 0 Å². The predicted octanol–water partition coefficient (Wildman–Crippen LogP) is 14.4. The molecule has 6 heteroatoms. The van der Waals surface area contributed by atoms with Gasteiger partial charge in [0.25, 0.3) is 0 Å². The number of hydrogen-bond donors (Lipinski definition) is 0. The van der Waals surface area contributed by atoms with Crippen molar-refractivity contribution in [3.63, 3.8) is 0 Å². The van der Waals surface area contributed by atoms with Crippen LogP contribution in [-0.4, -0.2) is 35.9 Å². The van der Waals surface area contributed by atoms with Crippen molar-refractivity contribution in [3.8, 4) is 22.3 Å². The summed E-state index contributed by atoms with van der Waals surface area (Å²) in [6, 6.07) is 40.9. The van der Waals surface area contributed by atoms with Gasteiger partial charge in [-0.1, -0.05) is 140 Å². The van der Waals surface area contributed by atoms with E-state index >= 15 is 0 Å². The number of hydrogen-bond acceptors (Lipinski definition) is 2. The summed E-state index contributed by atoms with van der Waals surface area (Å²) in [5, 5.41) is 5.42. The number of halogens is 2. The first kappa shape index (κ1) is 44.8. The quantitative estimate of drug-likeness (QED) is 0.123. The predicted molar refractivity (Wildman–Crippen MR) is 242 cm³/mol. The Hall–Kier alpha value is -2.30. The van der Waals surface area contributed by atoms with Gasteiger partial charge in [0.15, 0.2) is 0 Å². The summed E-state index contributed by atoms with van der Waals surface area (Å²) in [5.41, 5.74) is 11.9. The Kier molecular flexibility index (Phi) is 15.3. The second kappa shape index (κ2) is 19.2. The maximum absolute atomic E-state index is 5.42. The van der Waals surface area contributed by atoms with Gasteiger partial charge in [0.05, 0.1) is 26.4 Å². The van der Waals surface area contributed by atoms with Gasteiger partial charge in [-0.25, -0.2) is 0 Å². The standard InChI is InChI=1S/2C24H27O.C2H6Si.2ClH.Zr/c2*1-23(2,3)20-10-8-18(9-11-20)21-7-5-6-19-12-17(13-22(19)21)14-24(4)15-25-16-24;1-3-2;;;/h2*5-13H,14-16H2,1-4H3;1-2H3;2*1H;/q2*-1;;;;+4/p-2. The molecule has 6 aromatic rings. The Labute approximate surface area is 358 Å². The number of ether oxygens (including phenoxy) is 2. The van der Waals surface area contributed by atoms with E-state index in [0.717, 1.165) is 48.8 Å². The summed E-state index contributed by atoms with van der Waals surface area (Å²) in [6.07, 6.45) is 2.20. The Morgan fingerprint density at radius 2 is 0.911 bits per heavy atom. The van der Waals surface area contributed by atoms with Crippen LogP contribution < -0.4 is 0 Å². The average molecular weight is 883 g/mol. The van der Waals surface area contributed by atoms with E-state index in [9.17, 15) is 0 Å². The summed E-state index contributed by atoms with van der Waals surface area (Å²) in [5.74, 6) is 0. The molecule has 2 saturated heterocycles. The number of rotatable bonds is 6. The van der Waals surface area contributed by atoms with Gasteiger partial charge in [-0.2, -0.15) is 12.1 Å². The fraction of sp³-hybridized carbons (Fsp3) is 0.400. The first-order valence-electron chi connectivity index (χ1n) is 19.8. The molecule has 0 aromatic heterocycles. The molecule has 8 rings (SSSR count). The molecule has 0 aliphatic carbocycles. The number of benzene rings is 4. The molecule has 2 radical (unpaired) electrons. The van der Waals surface area contributed by atoms with Crippen LogP contribution in [0.15, 0.2) is 109 Å². The minimum atomic E-state index is -0.826. The number of fused-ring (bicyclic) bond motifs is 2. The van der Waals surface area contributed by atoms with Crippen LogP contribution in [0.1, 0.15) is 77.6 Å². The third-order valence-corrected chi connectivity index (χ3v) is 10.8. The Morgan fingerprint density at radius 1 is 0.589 bits per heavy atom.